The minimum atomic E-state index is -1.16. The monoisotopic (exact) mass is 369 g/mol. The fraction of sp³-hybridized carbons (Fsp3) is 0.409. The van der Waals surface area contributed by atoms with E-state index in [1.165, 1.54) is 11.5 Å². The Morgan fingerprint density at radius 3 is 2.31 bits per heavy atom. The Bertz CT molecular complexity index is 739. The molecule has 2 aromatic rings. The second-order valence-corrected chi connectivity index (χ2v) is 8.89. The average molecular weight is 370 g/mol. The van der Waals surface area contributed by atoms with Crippen molar-refractivity contribution >= 4 is 16.9 Å². The Hall–Kier alpha value is -1.49. The average Bonchev–Trinajstić information content (AvgIpc) is 2.61. The predicted molar refractivity (Wildman–Crippen MR) is 110 cm³/mol. The molecule has 1 fully saturated rings. The van der Waals surface area contributed by atoms with Crippen LogP contribution in [-0.4, -0.2) is 42.2 Å². The summed E-state index contributed by atoms with van der Waals surface area (Å²) in [6.45, 7) is 13.6. The molecule has 1 saturated heterocycles. The van der Waals surface area contributed by atoms with E-state index in [9.17, 15) is 4.55 Å². The van der Waals surface area contributed by atoms with Gasteiger partial charge in [-0.2, -0.15) is 0 Å². The van der Waals surface area contributed by atoms with Crippen LogP contribution < -0.4 is 4.90 Å². The van der Waals surface area contributed by atoms with Crippen LogP contribution in [0.3, 0.4) is 0 Å². The van der Waals surface area contributed by atoms with Crippen LogP contribution in [0.25, 0.3) is 0 Å². The molecular weight excluding hydrogens is 340 g/mol. The number of benzene rings is 2. The highest BCUT2D eigenvalue weighted by molar-refractivity contribution is 7.91. The molecule has 0 amide bonds. The molecule has 3 rings (SSSR count). The lowest BCUT2D eigenvalue weighted by molar-refractivity contribution is 0.267. The maximum Gasteiger partial charge on any atom is 0.181 e. The molecule has 3 nitrogen and oxygen atoms in total. The first kappa shape index (κ1) is 19.3. The molecule has 0 N–H and O–H groups in total. The Balaban J connectivity index is 1.80. The number of piperazine rings is 1. The van der Waals surface area contributed by atoms with E-state index in [-0.39, 0.29) is 0 Å². The number of para-hydroxylation sites is 1. The van der Waals surface area contributed by atoms with Gasteiger partial charge in [-0.15, -0.1) is 0 Å². The summed E-state index contributed by atoms with van der Waals surface area (Å²) in [4.78, 5) is 6.72. The molecule has 0 saturated carbocycles. The quantitative estimate of drug-likeness (QED) is 0.740. The Labute approximate surface area is 161 Å². The van der Waals surface area contributed by atoms with Gasteiger partial charge in [-0.3, -0.25) is 4.90 Å². The van der Waals surface area contributed by atoms with Gasteiger partial charge in [-0.1, -0.05) is 43.7 Å². The first-order valence-electron chi connectivity index (χ1n) is 9.30. The van der Waals surface area contributed by atoms with Crippen LogP contribution >= 0.6 is 0 Å². The van der Waals surface area contributed by atoms with Crippen LogP contribution in [0.1, 0.15) is 25.0 Å². The lowest BCUT2D eigenvalue weighted by Gasteiger charge is -2.37. The molecule has 0 aromatic heterocycles. The smallest absolute Gasteiger partial charge is 0.181 e. The van der Waals surface area contributed by atoms with Crippen LogP contribution in [0.15, 0.2) is 52.3 Å². The zero-order valence-electron chi connectivity index (χ0n) is 16.3. The normalized spacial score (nSPS) is 16.9. The molecule has 2 aromatic carbocycles. The van der Waals surface area contributed by atoms with E-state index < -0.39 is 11.2 Å². The first-order chi connectivity index (χ1) is 12.5. The van der Waals surface area contributed by atoms with Crippen molar-refractivity contribution < 1.29 is 4.55 Å². The highest BCUT2D eigenvalue weighted by Crippen LogP contribution is 2.32. The molecule has 26 heavy (non-hydrogen) atoms. The molecule has 1 unspecified atom stereocenters. The molecular formula is C22H29N2OS. The number of rotatable bonds is 5. The molecule has 0 bridgehead atoms. The van der Waals surface area contributed by atoms with Crippen molar-refractivity contribution in [3.8, 4) is 0 Å². The molecule has 1 atom stereocenters. The van der Waals surface area contributed by atoms with E-state index in [0.29, 0.717) is 0 Å². The Kier molecular flexibility index (Phi) is 6.28. The van der Waals surface area contributed by atoms with Gasteiger partial charge in [0.15, 0.2) is 9.79 Å². The lowest BCUT2D eigenvalue weighted by Crippen LogP contribution is -2.47. The summed E-state index contributed by atoms with van der Waals surface area (Å²) >= 11 is -1.16. The van der Waals surface area contributed by atoms with Crippen molar-refractivity contribution in [2.75, 3.05) is 37.6 Å². The van der Waals surface area contributed by atoms with Crippen molar-refractivity contribution in [2.24, 2.45) is 0 Å². The minimum Gasteiger partial charge on any atom is -0.606 e. The van der Waals surface area contributed by atoms with Crippen molar-refractivity contribution in [3.05, 3.63) is 59.5 Å². The zero-order chi connectivity index (χ0) is 18.7. The number of aryl methyl sites for hydroxylation is 2. The van der Waals surface area contributed by atoms with Gasteiger partial charge in [0.2, 0.25) is 0 Å². The van der Waals surface area contributed by atoms with Crippen molar-refractivity contribution in [2.45, 2.75) is 37.5 Å². The van der Waals surface area contributed by atoms with E-state index in [2.05, 4.69) is 42.7 Å². The largest absolute Gasteiger partial charge is 0.606 e. The van der Waals surface area contributed by atoms with Gasteiger partial charge < -0.3 is 9.45 Å². The number of anilines is 1. The maximum absolute atomic E-state index is 13.3. The van der Waals surface area contributed by atoms with Gasteiger partial charge in [0.25, 0.3) is 0 Å². The van der Waals surface area contributed by atoms with Crippen molar-refractivity contribution in [1.29, 1.82) is 0 Å². The lowest BCUT2D eigenvalue weighted by atomic mass is 10.2. The fourth-order valence-corrected chi connectivity index (χ4v) is 4.96. The van der Waals surface area contributed by atoms with E-state index in [4.69, 9.17) is 0 Å². The van der Waals surface area contributed by atoms with E-state index >= 15 is 0 Å². The summed E-state index contributed by atoms with van der Waals surface area (Å²) in [6.07, 6.45) is 0. The van der Waals surface area contributed by atoms with Crippen LogP contribution in [0.2, 0.25) is 0 Å². The van der Waals surface area contributed by atoms with Crippen LogP contribution in [0.4, 0.5) is 5.69 Å². The summed E-state index contributed by atoms with van der Waals surface area (Å²) in [5.74, 6) is 1.45. The van der Waals surface area contributed by atoms with E-state index in [0.717, 1.165) is 53.8 Å². The summed E-state index contributed by atoms with van der Waals surface area (Å²) < 4.78 is 13.3. The van der Waals surface area contributed by atoms with Crippen LogP contribution in [0, 0.1) is 19.8 Å². The minimum absolute atomic E-state index is 0.915. The van der Waals surface area contributed by atoms with E-state index in [1.54, 1.807) is 0 Å². The summed E-state index contributed by atoms with van der Waals surface area (Å²) in [6, 6.07) is 14.3. The fourth-order valence-electron chi connectivity index (χ4n) is 3.60. The zero-order valence-corrected chi connectivity index (χ0v) is 17.1. The van der Waals surface area contributed by atoms with Crippen molar-refractivity contribution in [1.82, 2.24) is 4.90 Å². The number of nitrogens with zero attached hydrogens (tertiary/aromatic N) is 2. The second kappa shape index (κ2) is 8.47. The van der Waals surface area contributed by atoms with Crippen LogP contribution in [0.5, 0.6) is 0 Å². The van der Waals surface area contributed by atoms with E-state index in [1.807, 2.05) is 37.3 Å². The van der Waals surface area contributed by atoms with Gasteiger partial charge in [0.05, 0.1) is 5.69 Å². The Morgan fingerprint density at radius 1 is 0.962 bits per heavy atom. The highest BCUT2D eigenvalue weighted by atomic mass is 32.2. The number of hydrogen-bond acceptors (Lipinski definition) is 3. The van der Waals surface area contributed by atoms with Gasteiger partial charge in [0, 0.05) is 49.5 Å². The number of hydrogen-bond donors (Lipinski definition) is 0. The van der Waals surface area contributed by atoms with Gasteiger partial charge in [0.1, 0.15) is 0 Å². The molecule has 0 aliphatic carbocycles. The summed E-state index contributed by atoms with van der Waals surface area (Å²) in [7, 11) is 0. The molecule has 139 valence electrons. The standard InChI is InChI=1S/C22H29N2OS/c1-17(2)16-23-11-13-24(14-12-23)20-7-5-6-8-22(20)26(25)21-10-9-18(3)15-19(21)4/h5-10,15H,11-14,16H2,1-4H3. The predicted octanol–water partition coefficient (Wildman–Crippen LogP) is 4.21. The van der Waals surface area contributed by atoms with Crippen molar-refractivity contribution in [3.63, 3.8) is 0 Å². The SMILES string of the molecule is C[C](C)CN1CCN(c2ccccc2[S+]([O-])c2ccc(C)cc2C)CC1. The van der Waals surface area contributed by atoms with Gasteiger partial charge in [-0.25, -0.2) is 0 Å². The Morgan fingerprint density at radius 2 is 1.65 bits per heavy atom. The maximum atomic E-state index is 13.3. The van der Waals surface area contributed by atoms with Gasteiger partial charge >= 0.3 is 0 Å². The molecule has 0 spiro atoms. The molecule has 1 aliphatic heterocycles. The summed E-state index contributed by atoms with van der Waals surface area (Å²) in [5, 5.41) is 0. The topological polar surface area (TPSA) is 29.5 Å². The highest BCUT2D eigenvalue weighted by Gasteiger charge is 2.26. The molecule has 1 heterocycles. The molecule has 1 aliphatic rings. The second-order valence-electron chi connectivity index (χ2n) is 7.48. The third kappa shape index (κ3) is 4.43. The molecule has 4 heteroatoms. The third-order valence-corrected chi connectivity index (χ3v) is 6.45. The first-order valence-corrected chi connectivity index (χ1v) is 10.4. The van der Waals surface area contributed by atoms with Gasteiger partial charge in [-0.05, 0) is 38.0 Å². The van der Waals surface area contributed by atoms with Crippen LogP contribution in [-0.2, 0) is 11.2 Å². The summed E-state index contributed by atoms with van der Waals surface area (Å²) in [5.41, 5.74) is 3.41. The third-order valence-electron chi connectivity index (χ3n) is 4.85. The molecule has 1 radical (unpaired) electrons.